The van der Waals surface area contributed by atoms with E-state index in [9.17, 15) is 9.59 Å². The highest BCUT2D eigenvalue weighted by molar-refractivity contribution is 5.69. The number of carboxylic acid groups (broad SMARTS) is 1. The van der Waals surface area contributed by atoms with Crippen LogP contribution in [-0.2, 0) is 14.3 Å². The number of rotatable bonds is 15. The van der Waals surface area contributed by atoms with Crippen LogP contribution in [0.3, 0.4) is 0 Å². The third-order valence-corrected chi connectivity index (χ3v) is 3.25. The van der Waals surface area contributed by atoms with Crippen LogP contribution < -0.4 is 0 Å². The van der Waals surface area contributed by atoms with E-state index in [0.717, 1.165) is 44.9 Å². The van der Waals surface area contributed by atoms with Gasteiger partial charge < -0.3 is 14.9 Å². The maximum Gasteiger partial charge on any atom is 0.305 e. The summed E-state index contributed by atoms with van der Waals surface area (Å²) in [5.41, 5.74) is 0. The predicted octanol–water partition coefficient (Wildman–Crippen LogP) is 3.45. The second-order valence-corrected chi connectivity index (χ2v) is 5.36. The van der Waals surface area contributed by atoms with Crippen LogP contribution in [0, 0.1) is 0 Å². The average Bonchev–Trinajstić information content (AvgIpc) is 2.49. The molecule has 0 unspecified atom stereocenters. The van der Waals surface area contributed by atoms with Crippen molar-refractivity contribution in [1.82, 2.24) is 0 Å². The Balaban J connectivity index is 3.27. The lowest BCUT2D eigenvalue weighted by molar-refractivity contribution is -0.144. The van der Waals surface area contributed by atoms with E-state index in [2.05, 4.69) is 12.2 Å². The molecule has 0 spiro atoms. The van der Waals surface area contributed by atoms with Gasteiger partial charge in [0.25, 0.3) is 0 Å². The Labute approximate surface area is 133 Å². The highest BCUT2D eigenvalue weighted by atomic mass is 16.5. The quantitative estimate of drug-likeness (QED) is 0.275. The molecular weight excluding hydrogens is 284 g/mol. The Morgan fingerprint density at radius 3 is 2.14 bits per heavy atom. The Hall–Kier alpha value is -1.36. The molecule has 2 N–H and O–H groups in total. The maximum atomic E-state index is 11.3. The van der Waals surface area contributed by atoms with Gasteiger partial charge in [0.1, 0.15) is 0 Å². The molecule has 0 atom stereocenters. The Kier molecular flexibility index (Phi) is 15.0. The molecule has 0 saturated carbocycles. The van der Waals surface area contributed by atoms with Gasteiger partial charge in [0.15, 0.2) is 0 Å². The number of unbranched alkanes of at least 4 members (excludes halogenated alkanes) is 6. The van der Waals surface area contributed by atoms with Crippen LogP contribution in [0.1, 0.15) is 70.6 Å². The summed E-state index contributed by atoms with van der Waals surface area (Å²) in [7, 11) is 0. The standard InChI is InChI=1S/C17H30O5/c18-14-10-6-4-2-1-3-5-7-11-15-22-17(21)13-9-8-12-16(19)20/h3,5,18H,1-2,4,6-15H2,(H,19,20)/b5-3-. The van der Waals surface area contributed by atoms with Crippen molar-refractivity contribution < 1.29 is 24.5 Å². The number of hydrogen-bond acceptors (Lipinski definition) is 4. The van der Waals surface area contributed by atoms with Crippen LogP contribution in [0.2, 0.25) is 0 Å². The molecule has 0 radical (unpaired) electrons. The first-order valence-electron chi connectivity index (χ1n) is 8.30. The van der Waals surface area contributed by atoms with Crippen molar-refractivity contribution in [2.24, 2.45) is 0 Å². The Morgan fingerprint density at radius 1 is 0.818 bits per heavy atom. The van der Waals surface area contributed by atoms with E-state index < -0.39 is 5.97 Å². The van der Waals surface area contributed by atoms with Gasteiger partial charge in [-0.05, 0) is 44.9 Å². The summed E-state index contributed by atoms with van der Waals surface area (Å²) in [5, 5.41) is 17.1. The topological polar surface area (TPSA) is 83.8 Å². The van der Waals surface area contributed by atoms with Crippen LogP contribution in [0.25, 0.3) is 0 Å². The first kappa shape index (κ1) is 20.6. The minimum absolute atomic E-state index is 0.109. The van der Waals surface area contributed by atoms with E-state index in [1.54, 1.807) is 0 Å². The lowest BCUT2D eigenvalue weighted by Crippen LogP contribution is -2.05. The van der Waals surface area contributed by atoms with Crippen molar-refractivity contribution in [3.8, 4) is 0 Å². The lowest BCUT2D eigenvalue weighted by Gasteiger charge is -2.03. The molecule has 0 fully saturated rings. The maximum absolute atomic E-state index is 11.3. The number of esters is 1. The number of aliphatic hydroxyl groups excluding tert-OH is 1. The van der Waals surface area contributed by atoms with E-state index in [1.807, 2.05) is 0 Å². The summed E-state index contributed by atoms with van der Waals surface area (Å²) < 4.78 is 5.08. The summed E-state index contributed by atoms with van der Waals surface area (Å²) in [6.07, 6.45) is 12.9. The summed E-state index contributed by atoms with van der Waals surface area (Å²) in [5.74, 6) is -1.06. The fourth-order valence-electron chi connectivity index (χ4n) is 1.97. The zero-order chi connectivity index (χ0) is 16.5. The van der Waals surface area contributed by atoms with E-state index >= 15 is 0 Å². The van der Waals surface area contributed by atoms with Crippen molar-refractivity contribution in [2.75, 3.05) is 13.2 Å². The van der Waals surface area contributed by atoms with E-state index in [4.69, 9.17) is 14.9 Å². The predicted molar refractivity (Wildman–Crippen MR) is 85.6 cm³/mol. The number of aliphatic carboxylic acids is 1. The number of carboxylic acids is 1. The lowest BCUT2D eigenvalue weighted by atomic mass is 10.1. The summed E-state index contributed by atoms with van der Waals surface area (Å²) >= 11 is 0. The van der Waals surface area contributed by atoms with Gasteiger partial charge in [-0.25, -0.2) is 0 Å². The van der Waals surface area contributed by atoms with Crippen molar-refractivity contribution >= 4 is 11.9 Å². The molecule has 5 nitrogen and oxygen atoms in total. The fourth-order valence-corrected chi connectivity index (χ4v) is 1.97. The van der Waals surface area contributed by atoms with Crippen LogP contribution in [0.15, 0.2) is 12.2 Å². The highest BCUT2D eigenvalue weighted by Gasteiger charge is 2.03. The Bertz CT molecular complexity index is 312. The van der Waals surface area contributed by atoms with Gasteiger partial charge in [-0.1, -0.05) is 25.0 Å². The normalized spacial score (nSPS) is 11.0. The van der Waals surface area contributed by atoms with Gasteiger partial charge in [0.2, 0.25) is 0 Å². The molecule has 22 heavy (non-hydrogen) atoms. The highest BCUT2D eigenvalue weighted by Crippen LogP contribution is 2.05. The molecule has 0 saturated heterocycles. The number of ether oxygens (including phenoxy) is 1. The monoisotopic (exact) mass is 314 g/mol. The van der Waals surface area contributed by atoms with E-state index in [1.165, 1.54) is 0 Å². The van der Waals surface area contributed by atoms with Gasteiger partial charge in [-0.3, -0.25) is 9.59 Å². The van der Waals surface area contributed by atoms with Crippen molar-refractivity contribution in [2.45, 2.75) is 70.6 Å². The fraction of sp³-hybridized carbons (Fsp3) is 0.765. The third kappa shape index (κ3) is 16.7. The smallest absolute Gasteiger partial charge is 0.305 e. The molecule has 0 aliphatic heterocycles. The van der Waals surface area contributed by atoms with Crippen LogP contribution in [0.5, 0.6) is 0 Å². The van der Waals surface area contributed by atoms with Gasteiger partial charge in [-0.15, -0.1) is 0 Å². The molecule has 0 bridgehead atoms. The first-order valence-corrected chi connectivity index (χ1v) is 8.30. The van der Waals surface area contributed by atoms with Gasteiger partial charge in [-0.2, -0.15) is 0 Å². The first-order chi connectivity index (χ1) is 10.7. The molecule has 0 rings (SSSR count). The Morgan fingerprint density at radius 2 is 1.45 bits per heavy atom. The second-order valence-electron chi connectivity index (χ2n) is 5.36. The number of carbonyl (C=O) groups excluding carboxylic acids is 1. The summed E-state index contributed by atoms with van der Waals surface area (Å²) in [4.78, 5) is 21.6. The second kappa shape index (κ2) is 16.0. The molecule has 0 aromatic carbocycles. The third-order valence-electron chi connectivity index (χ3n) is 3.25. The minimum atomic E-state index is -0.825. The molecule has 0 amide bonds. The summed E-state index contributed by atoms with van der Waals surface area (Å²) in [6.45, 7) is 0.715. The number of hydrogen-bond donors (Lipinski definition) is 2. The van der Waals surface area contributed by atoms with Gasteiger partial charge >= 0.3 is 11.9 Å². The molecule has 0 heterocycles. The molecule has 0 aromatic rings. The minimum Gasteiger partial charge on any atom is -0.481 e. The average molecular weight is 314 g/mol. The van der Waals surface area contributed by atoms with E-state index in [-0.39, 0.29) is 19.0 Å². The molecule has 0 aliphatic rings. The van der Waals surface area contributed by atoms with Crippen LogP contribution in [-0.4, -0.2) is 35.4 Å². The number of aliphatic hydroxyl groups is 1. The van der Waals surface area contributed by atoms with Crippen molar-refractivity contribution in [3.05, 3.63) is 12.2 Å². The molecular formula is C17H30O5. The van der Waals surface area contributed by atoms with Crippen LogP contribution in [0.4, 0.5) is 0 Å². The van der Waals surface area contributed by atoms with E-state index in [0.29, 0.717) is 25.9 Å². The number of allylic oxidation sites excluding steroid dienone is 2. The molecule has 128 valence electrons. The van der Waals surface area contributed by atoms with Gasteiger partial charge in [0.05, 0.1) is 6.61 Å². The zero-order valence-electron chi connectivity index (χ0n) is 13.5. The molecule has 0 aliphatic carbocycles. The van der Waals surface area contributed by atoms with Crippen molar-refractivity contribution in [1.29, 1.82) is 0 Å². The summed E-state index contributed by atoms with van der Waals surface area (Å²) in [6, 6.07) is 0. The number of carbonyl (C=O) groups is 2. The molecule has 5 heteroatoms. The van der Waals surface area contributed by atoms with Crippen molar-refractivity contribution in [3.63, 3.8) is 0 Å². The van der Waals surface area contributed by atoms with Gasteiger partial charge in [0, 0.05) is 19.4 Å². The largest absolute Gasteiger partial charge is 0.481 e. The molecule has 0 aromatic heterocycles. The SMILES string of the molecule is O=C(O)CCCCC(=O)OCCC/C=C\CCCCCCO. The zero-order valence-corrected chi connectivity index (χ0v) is 13.5. The van der Waals surface area contributed by atoms with Crippen LogP contribution >= 0.6 is 0 Å².